The van der Waals surface area contributed by atoms with Gasteiger partial charge in [0.1, 0.15) is 0 Å². The SMILES string of the molecule is Cc1cc([C@H](Cc2cc(CNCCC(=O)O)c(Cl)cn2)C(F)(F)F)ccc1Cl. The van der Waals surface area contributed by atoms with Crippen LogP contribution in [0.3, 0.4) is 0 Å². The predicted octanol–water partition coefficient (Wildman–Crippen LogP) is 5.15. The fourth-order valence-electron chi connectivity index (χ4n) is 2.71. The number of nitrogens with zero attached hydrogens (tertiary/aromatic N) is 1. The molecule has 0 aliphatic rings. The summed E-state index contributed by atoms with van der Waals surface area (Å²) in [5, 5.41) is 12.2. The smallest absolute Gasteiger partial charge is 0.396 e. The van der Waals surface area contributed by atoms with Crippen molar-refractivity contribution < 1.29 is 23.1 Å². The lowest BCUT2D eigenvalue weighted by molar-refractivity contribution is -0.150. The van der Waals surface area contributed by atoms with Crippen LogP contribution in [0.15, 0.2) is 30.5 Å². The van der Waals surface area contributed by atoms with Gasteiger partial charge in [-0.3, -0.25) is 9.78 Å². The lowest BCUT2D eigenvalue weighted by Gasteiger charge is -2.21. The first-order valence-corrected chi connectivity index (χ1v) is 9.22. The molecule has 1 aromatic carbocycles. The number of hydrogen-bond donors (Lipinski definition) is 2. The van der Waals surface area contributed by atoms with E-state index < -0.39 is 18.1 Å². The number of pyridine rings is 1. The van der Waals surface area contributed by atoms with E-state index in [1.54, 1.807) is 6.92 Å². The summed E-state index contributed by atoms with van der Waals surface area (Å²) in [4.78, 5) is 14.6. The van der Waals surface area contributed by atoms with Crippen molar-refractivity contribution in [1.29, 1.82) is 0 Å². The molecule has 0 radical (unpaired) electrons. The summed E-state index contributed by atoms with van der Waals surface area (Å²) in [6.45, 7) is 2.11. The third-order valence-corrected chi connectivity index (χ3v) is 4.98. The van der Waals surface area contributed by atoms with Crippen LogP contribution in [0.5, 0.6) is 0 Å². The Morgan fingerprint density at radius 2 is 1.96 bits per heavy atom. The highest BCUT2D eigenvalue weighted by Crippen LogP contribution is 2.38. The molecule has 1 aromatic heterocycles. The number of halogens is 5. The van der Waals surface area contributed by atoms with Gasteiger partial charge >= 0.3 is 12.1 Å². The number of benzene rings is 1. The molecular formula is C19H19Cl2F3N2O2. The second kappa shape index (κ2) is 9.58. The van der Waals surface area contributed by atoms with Crippen molar-refractivity contribution in [2.45, 2.75) is 38.4 Å². The van der Waals surface area contributed by atoms with Crippen molar-refractivity contribution in [2.75, 3.05) is 6.54 Å². The van der Waals surface area contributed by atoms with E-state index in [9.17, 15) is 18.0 Å². The molecule has 0 saturated heterocycles. The quantitative estimate of drug-likeness (QED) is 0.563. The summed E-state index contributed by atoms with van der Waals surface area (Å²) in [5.74, 6) is -2.68. The summed E-state index contributed by atoms with van der Waals surface area (Å²) in [6, 6.07) is 5.78. The van der Waals surface area contributed by atoms with Gasteiger partial charge in [-0.2, -0.15) is 13.2 Å². The number of carboxylic acid groups (broad SMARTS) is 1. The van der Waals surface area contributed by atoms with Crippen molar-refractivity contribution in [2.24, 2.45) is 0 Å². The number of rotatable bonds is 8. The van der Waals surface area contributed by atoms with Gasteiger partial charge in [-0.05, 0) is 35.7 Å². The van der Waals surface area contributed by atoms with Crippen LogP contribution in [0.1, 0.15) is 34.7 Å². The van der Waals surface area contributed by atoms with Crippen molar-refractivity contribution in [3.8, 4) is 0 Å². The first-order valence-electron chi connectivity index (χ1n) is 8.46. The van der Waals surface area contributed by atoms with Crippen LogP contribution in [0.2, 0.25) is 10.0 Å². The molecule has 1 atom stereocenters. The Kier molecular flexibility index (Phi) is 7.69. The molecule has 4 nitrogen and oxygen atoms in total. The Morgan fingerprint density at radius 3 is 2.57 bits per heavy atom. The van der Waals surface area contributed by atoms with Crippen LogP contribution in [0, 0.1) is 6.92 Å². The third kappa shape index (κ3) is 6.36. The molecule has 2 rings (SSSR count). The number of carbonyl (C=O) groups is 1. The van der Waals surface area contributed by atoms with Crippen LogP contribution in [0.4, 0.5) is 13.2 Å². The van der Waals surface area contributed by atoms with Crippen LogP contribution < -0.4 is 5.32 Å². The Hall–Kier alpha value is -1.83. The molecule has 2 N–H and O–H groups in total. The molecule has 2 aromatic rings. The second-order valence-electron chi connectivity index (χ2n) is 6.39. The van der Waals surface area contributed by atoms with Crippen molar-refractivity contribution in [1.82, 2.24) is 10.3 Å². The number of aliphatic carboxylic acids is 1. The van der Waals surface area contributed by atoms with Gasteiger partial charge in [0.05, 0.1) is 17.4 Å². The normalized spacial score (nSPS) is 12.8. The minimum atomic E-state index is -4.46. The molecule has 0 unspecified atom stereocenters. The van der Waals surface area contributed by atoms with Gasteiger partial charge in [0.2, 0.25) is 0 Å². The van der Waals surface area contributed by atoms with E-state index in [0.29, 0.717) is 21.2 Å². The van der Waals surface area contributed by atoms with E-state index in [1.165, 1.54) is 30.5 Å². The molecule has 28 heavy (non-hydrogen) atoms. The van der Waals surface area contributed by atoms with E-state index in [2.05, 4.69) is 10.3 Å². The molecule has 152 valence electrons. The summed E-state index contributed by atoms with van der Waals surface area (Å²) in [7, 11) is 0. The van der Waals surface area contributed by atoms with Gasteiger partial charge < -0.3 is 10.4 Å². The number of carboxylic acids is 1. The van der Waals surface area contributed by atoms with E-state index >= 15 is 0 Å². The average Bonchev–Trinajstić information content (AvgIpc) is 2.60. The van der Waals surface area contributed by atoms with Gasteiger partial charge in [0.25, 0.3) is 0 Å². The van der Waals surface area contributed by atoms with Gasteiger partial charge in [0, 0.05) is 36.4 Å². The summed E-state index contributed by atoms with van der Waals surface area (Å²) in [5.41, 5.74) is 1.49. The number of aryl methyl sites for hydroxylation is 1. The van der Waals surface area contributed by atoms with Crippen LogP contribution in [0.25, 0.3) is 0 Å². The topological polar surface area (TPSA) is 62.2 Å². The highest BCUT2D eigenvalue weighted by Gasteiger charge is 2.41. The number of nitrogens with one attached hydrogen (secondary N) is 1. The second-order valence-corrected chi connectivity index (χ2v) is 7.21. The highest BCUT2D eigenvalue weighted by atomic mass is 35.5. The largest absolute Gasteiger partial charge is 0.481 e. The standard InChI is InChI=1S/C19H19Cl2F3N2O2/c1-11-6-12(2-3-16(11)20)15(19(22,23)24)8-14-7-13(17(21)10-26-14)9-25-5-4-18(27)28/h2-3,6-7,10,15,25H,4-5,8-9H2,1H3,(H,27,28)/t15-/m0/s1. The number of aromatic nitrogens is 1. The maximum atomic E-state index is 13.7. The van der Waals surface area contributed by atoms with E-state index in [0.717, 1.165) is 0 Å². The fraction of sp³-hybridized carbons (Fsp3) is 0.368. The maximum absolute atomic E-state index is 13.7. The Balaban J connectivity index is 2.21. The van der Waals surface area contributed by atoms with E-state index in [4.69, 9.17) is 28.3 Å². The molecule has 9 heteroatoms. The minimum absolute atomic E-state index is 0.0678. The fourth-order valence-corrected chi connectivity index (χ4v) is 3.00. The number of alkyl halides is 3. The monoisotopic (exact) mass is 434 g/mol. The Morgan fingerprint density at radius 1 is 1.25 bits per heavy atom. The summed E-state index contributed by atoms with van der Waals surface area (Å²) < 4.78 is 41.0. The molecule has 0 aliphatic heterocycles. The molecule has 0 bridgehead atoms. The first kappa shape index (κ1) is 22.5. The van der Waals surface area contributed by atoms with Crippen LogP contribution >= 0.6 is 23.2 Å². The highest BCUT2D eigenvalue weighted by molar-refractivity contribution is 6.31. The zero-order valence-corrected chi connectivity index (χ0v) is 16.5. The Bertz CT molecular complexity index is 844. The zero-order chi connectivity index (χ0) is 20.9. The molecule has 1 heterocycles. The van der Waals surface area contributed by atoms with Crippen LogP contribution in [-0.2, 0) is 17.8 Å². The van der Waals surface area contributed by atoms with E-state index in [-0.39, 0.29) is 37.2 Å². The minimum Gasteiger partial charge on any atom is -0.481 e. The van der Waals surface area contributed by atoms with Gasteiger partial charge in [-0.25, -0.2) is 0 Å². The number of hydrogen-bond acceptors (Lipinski definition) is 3. The van der Waals surface area contributed by atoms with Crippen LogP contribution in [-0.4, -0.2) is 28.8 Å². The van der Waals surface area contributed by atoms with Crippen molar-refractivity contribution in [3.63, 3.8) is 0 Å². The zero-order valence-electron chi connectivity index (χ0n) is 15.0. The first-order chi connectivity index (χ1) is 13.1. The van der Waals surface area contributed by atoms with Gasteiger partial charge in [0.15, 0.2) is 0 Å². The molecule has 0 saturated carbocycles. The molecule has 0 amide bonds. The summed E-state index contributed by atoms with van der Waals surface area (Å²) in [6.07, 6.45) is -3.56. The lowest BCUT2D eigenvalue weighted by atomic mass is 9.92. The molecular weight excluding hydrogens is 416 g/mol. The van der Waals surface area contributed by atoms with Crippen molar-refractivity contribution in [3.05, 3.63) is 62.9 Å². The molecule has 0 spiro atoms. The van der Waals surface area contributed by atoms with Crippen molar-refractivity contribution >= 4 is 29.2 Å². The average molecular weight is 435 g/mol. The van der Waals surface area contributed by atoms with Gasteiger partial charge in [-0.1, -0.05) is 35.3 Å². The molecule has 0 fully saturated rings. The van der Waals surface area contributed by atoms with E-state index in [1.807, 2.05) is 0 Å². The maximum Gasteiger partial charge on any atom is 0.396 e. The lowest BCUT2D eigenvalue weighted by Crippen LogP contribution is -2.24. The summed E-state index contributed by atoms with van der Waals surface area (Å²) >= 11 is 12.0. The predicted molar refractivity (Wildman–Crippen MR) is 102 cm³/mol. The molecule has 0 aliphatic carbocycles. The Labute approximate surface area is 170 Å². The third-order valence-electron chi connectivity index (χ3n) is 4.22. The van der Waals surface area contributed by atoms with Gasteiger partial charge in [-0.15, -0.1) is 0 Å².